The standard InChI is InChI=1S/C50H84N2O13/c1-11-35(46(55)56)38-15-14-29(4)43(62-38)33(8)41(53)32(7)42(54)36(12-2)44-30(5)28-31(6)50(64-44)21-16-37(51-47(57)60-27-24-52-22-25-59-26-23-52)45(65-50)39-17-19-48(10,63-39)40-18-20-49(58,13-3)34(9)61-40/h16,21,29-41,43-45,53,58H,11-15,17-20,22-28H2,1-10H3,(H,51,57)(H,55,56)/t29-,30-,31+,32-,33-,34-,35+,36-,37+,38+,39?,40+,41+,43+,44-,45?,48-,49+,50-/m0/s1. The summed E-state index contributed by atoms with van der Waals surface area (Å²) < 4.78 is 45.5. The molecule has 0 radical (unpaired) electrons. The van der Waals surface area contributed by atoms with Crippen molar-refractivity contribution < 1.29 is 62.9 Å². The smallest absolute Gasteiger partial charge is 0.407 e. The van der Waals surface area contributed by atoms with E-state index < -0.39 is 95.4 Å². The van der Waals surface area contributed by atoms with Crippen LogP contribution in [0.5, 0.6) is 0 Å². The number of nitrogens with zero attached hydrogens (tertiary/aromatic N) is 1. The number of aliphatic hydroxyl groups is 2. The molecule has 0 aromatic heterocycles. The van der Waals surface area contributed by atoms with Gasteiger partial charge in [-0.25, -0.2) is 4.79 Å². The number of rotatable bonds is 17. The van der Waals surface area contributed by atoms with Gasteiger partial charge < -0.3 is 53.8 Å². The maximum Gasteiger partial charge on any atom is 0.407 e. The highest BCUT2D eigenvalue weighted by Gasteiger charge is 2.57. The number of hydrogen-bond acceptors (Lipinski definition) is 13. The minimum atomic E-state index is -1.24. The van der Waals surface area contributed by atoms with Crippen LogP contribution in [-0.4, -0.2) is 149 Å². The molecule has 1 spiro atoms. The second-order valence-corrected chi connectivity index (χ2v) is 21.0. The van der Waals surface area contributed by atoms with Gasteiger partial charge in [-0.15, -0.1) is 0 Å². The highest BCUT2D eigenvalue weighted by molar-refractivity contribution is 5.84. The Morgan fingerprint density at radius 3 is 2.25 bits per heavy atom. The number of amides is 1. The zero-order valence-electron chi connectivity index (χ0n) is 41.1. The first-order valence-corrected chi connectivity index (χ1v) is 25.2. The Labute approximate surface area is 388 Å². The third-order valence-corrected chi connectivity index (χ3v) is 16.7. The van der Waals surface area contributed by atoms with E-state index in [-0.39, 0.29) is 42.4 Å². The maximum absolute atomic E-state index is 14.7. The van der Waals surface area contributed by atoms with Gasteiger partial charge in [0.25, 0.3) is 0 Å². The molecule has 1 amide bonds. The Morgan fingerprint density at radius 1 is 0.892 bits per heavy atom. The molecule has 5 fully saturated rings. The zero-order valence-corrected chi connectivity index (χ0v) is 41.1. The lowest BCUT2D eigenvalue weighted by molar-refractivity contribution is -0.327. The largest absolute Gasteiger partial charge is 0.481 e. The minimum absolute atomic E-state index is 0.0123. The van der Waals surface area contributed by atoms with Crippen molar-refractivity contribution in [1.29, 1.82) is 0 Å². The van der Waals surface area contributed by atoms with Crippen LogP contribution in [0.25, 0.3) is 0 Å². The molecule has 4 N–H and O–H groups in total. The molecule has 6 aliphatic rings. The summed E-state index contributed by atoms with van der Waals surface area (Å²) in [7, 11) is 0. The van der Waals surface area contributed by atoms with Gasteiger partial charge in [-0.2, -0.15) is 0 Å². The summed E-state index contributed by atoms with van der Waals surface area (Å²) >= 11 is 0. The Kier molecular flexibility index (Phi) is 17.7. The first-order valence-electron chi connectivity index (χ1n) is 25.2. The number of morpholine rings is 1. The number of aliphatic carboxylic acids is 1. The third-order valence-electron chi connectivity index (χ3n) is 16.7. The highest BCUT2D eigenvalue weighted by atomic mass is 16.7. The lowest BCUT2D eigenvalue weighted by atomic mass is 9.72. The minimum Gasteiger partial charge on any atom is -0.481 e. The van der Waals surface area contributed by atoms with E-state index in [4.69, 9.17) is 33.2 Å². The van der Waals surface area contributed by atoms with Crippen LogP contribution in [0.2, 0.25) is 0 Å². The topological polar surface area (TPSA) is 192 Å². The molecule has 0 aromatic rings. The first-order chi connectivity index (χ1) is 30.8. The fourth-order valence-corrected chi connectivity index (χ4v) is 12.1. The monoisotopic (exact) mass is 921 g/mol. The predicted molar refractivity (Wildman–Crippen MR) is 243 cm³/mol. The van der Waals surface area contributed by atoms with Gasteiger partial charge in [0.15, 0.2) is 5.79 Å². The molecule has 5 saturated heterocycles. The Balaban J connectivity index is 1.19. The second-order valence-electron chi connectivity index (χ2n) is 21.0. The molecular weight excluding hydrogens is 837 g/mol. The number of alkyl carbamates (subject to hydrolysis) is 1. The Morgan fingerprint density at radius 2 is 1.60 bits per heavy atom. The highest BCUT2D eigenvalue weighted by Crippen LogP contribution is 2.49. The van der Waals surface area contributed by atoms with Crippen LogP contribution in [0.1, 0.15) is 133 Å². The number of ketones is 1. The molecule has 19 atom stereocenters. The lowest BCUT2D eigenvalue weighted by Gasteiger charge is -2.52. The van der Waals surface area contributed by atoms with Crippen LogP contribution in [0, 0.1) is 41.4 Å². The summed E-state index contributed by atoms with van der Waals surface area (Å²) in [6, 6.07) is -0.610. The molecule has 6 aliphatic heterocycles. The molecule has 6 heterocycles. The number of hydrogen-bond donors (Lipinski definition) is 4. The van der Waals surface area contributed by atoms with Crippen LogP contribution in [0.3, 0.4) is 0 Å². The Bertz CT molecular complexity index is 1630. The van der Waals surface area contributed by atoms with Gasteiger partial charge in [0, 0.05) is 43.3 Å². The number of Topliss-reactive ketones (excluding diaryl/α,β-unsaturated/α-hetero) is 1. The van der Waals surface area contributed by atoms with Crippen molar-refractivity contribution in [3.8, 4) is 0 Å². The molecule has 65 heavy (non-hydrogen) atoms. The van der Waals surface area contributed by atoms with Crippen LogP contribution in [-0.2, 0) is 42.7 Å². The normalized spacial score (nSPS) is 41.6. The van der Waals surface area contributed by atoms with E-state index >= 15 is 0 Å². The van der Waals surface area contributed by atoms with Crippen molar-refractivity contribution in [1.82, 2.24) is 10.2 Å². The fraction of sp³-hybridized carbons (Fsp3) is 0.900. The van der Waals surface area contributed by atoms with Crippen LogP contribution < -0.4 is 5.32 Å². The number of carboxylic acids is 1. The summed E-state index contributed by atoms with van der Waals surface area (Å²) in [5.74, 6) is -4.57. The number of nitrogens with one attached hydrogen (secondary N) is 1. The van der Waals surface area contributed by atoms with Gasteiger partial charge in [-0.1, -0.05) is 61.5 Å². The number of carbonyl (C=O) groups excluding carboxylic acids is 2. The summed E-state index contributed by atoms with van der Waals surface area (Å²) in [6.45, 7) is 23.5. The fourth-order valence-electron chi connectivity index (χ4n) is 12.1. The number of carboxylic acid groups (broad SMARTS) is 1. The average molecular weight is 921 g/mol. The molecule has 372 valence electrons. The Hall–Kier alpha value is -2.21. The van der Waals surface area contributed by atoms with Crippen molar-refractivity contribution in [3.05, 3.63) is 12.2 Å². The van der Waals surface area contributed by atoms with E-state index in [1.807, 2.05) is 46.8 Å². The van der Waals surface area contributed by atoms with E-state index in [0.717, 1.165) is 19.5 Å². The van der Waals surface area contributed by atoms with Crippen molar-refractivity contribution in [2.24, 2.45) is 41.4 Å². The van der Waals surface area contributed by atoms with E-state index in [9.17, 15) is 29.7 Å². The van der Waals surface area contributed by atoms with E-state index in [0.29, 0.717) is 77.5 Å². The van der Waals surface area contributed by atoms with Gasteiger partial charge in [0.1, 0.15) is 18.5 Å². The quantitative estimate of drug-likeness (QED) is 0.119. The molecule has 0 aliphatic carbocycles. The summed E-state index contributed by atoms with van der Waals surface area (Å²) in [6.07, 6.45) is 5.45. The summed E-state index contributed by atoms with van der Waals surface area (Å²) in [4.78, 5) is 42.4. The van der Waals surface area contributed by atoms with Gasteiger partial charge in [0.05, 0.1) is 79.1 Å². The molecule has 2 unspecified atom stereocenters. The van der Waals surface area contributed by atoms with E-state index in [1.54, 1.807) is 6.92 Å². The average Bonchev–Trinajstić information content (AvgIpc) is 3.70. The number of ether oxygens (including phenoxy) is 7. The number of carbonyl (C=O) groups is 3. The van der Waals surface area contributed by atoms with Crippen LogP contribution in [0.4, 0.5) is 4.79 Å². The van der Waals surface area contributed by atoms with Crippen molar-refractivity contribution >= 4 is 17.8 Å². The van der Waals surface area contributed by atoms with Crippen molar-refractivity contribution in [3.63, 3.8) is 0 Å². The second kappa shape index (κ2) is 22.0. The van der Waals surface area contributed by atoms with E-state index in [2.05, 4.69) is 37.9 Å². The summed E-state index contributed by atoms with van der Waals surface area (Å²) in [5.41, 5.74) is -1.54. The summed E-state index contributed by atoms with van der Waals surface area (Å²) in [5, 5.41) is 36.0. The molecular formula is C50H84N2O13. The van der Waals surface area contributed by atoms with E-state index in [1.165, 1.54) is 0 Å². The maximum atomic E-state index is 14.7. The number of aliphatic hydroxyl groups excluding tert-OH is 1. The third kappa shape index (κ3) is 11.5. The molecule has 0 saturated carbocycles. The van der Waals surface area contributed by atoms with Crippen LogP contribution in [0.15, 0.2) is 12.2 Å². The van der Waals surface area contributed by atoms with Gasteiger partial charge in [-0.05, 0) is 96.0 Å². The lowest BCUT2D eigenvalue weighted by Crippen LogP contribution is -2.62. The molecule has 0 bridgehead atoms. The first kappa shape index (κ1) is 52.2. The van der Waals surface area contributed by atoms with Crippen molar-refractivity contribution in [2.75, 3.05) is 39.5 Å². The van der Waals surface area contributed by atoms with Gasteiger partial charge in [-0.3, -0.25) is 14.5 Å². The molecule has 15 nitrogen and oxygen atoms in total. The molecule has 6 rings (SSSR count). The predicted octanol–water partition coefficient (Wildman–Crippen LogP) is 6.30. The van der Waals surface area contributed by atoms with Crippen molar-refractivity contribution in [2.45, 2.75) is 205 Å². The zero-order chi connectivity index (χ0) is 47.4. The molecule has 0 aromatic carbocycles. The SMILES string of the molecule is CC[C@@H](C(=O)[C@@H](C)[C@@H](O)[C@H](C)[C@@H]1O[C@@H]([C@@H](CC)C(=O)O)CC[C@@H]1C)[C@H]1O[C@]2(C=C[C@@H](NC(=O)OCCN3CCOCC3)C(C3CC[C@@](C)([C@H]4CC[C@](O)(CC)[C@H](C)O4)O3)O2)[C@H](C)C[C@@H]1C. The van der Waals surface area contributed by atoms with Crippen LogP contribution >= 0.6 is 0 Å². The molecule has 15 heteroatoms. The van der Waals surface area contributed by atoms with Gasteiger partial charge in [0.2, 0.25) is 0 Å². The van der Waals surface area contributed by atoms with Gasteiger partial charge >= 0.3 is 12.1 Å².